The van der Waals surface area contributed by atoms with Gasteiger partial charge < -0.3 is 15.4 Å². The van der Waals surface area contributed by atoms with Crippen molar-refractivity contribution in [3.8, 4) is 0 Å². The van der Waals surface area contributed by atoms with Crippen molar-refractivity contribution in [2.24, 2.45) is 0 Å². The molecule has 3 aliphatic carbocycles. The summed E-state index contributed by atoms with van der Waals surface area (Å²) < 4.78 is 22.4. The maximum absolute atomic E-state index is 15.1. The Morgan fingerprint density at radius 2 is 2.16 bits per heavy atom. The van der Waals surface area contributed by atoms with Crippen LogP contribution in [0.25, 0.3) is 5.65 Å². The molecule has 0 aliphatic heterocycles. The summed E-state index contributed by atoms with van der Waals surface area (Å²) in [5.74, 6) is 1.31. The number of rotatable bonds is 6. The number of carbonyl (C=O) groups is 1. The summed E-state index contributed by atoms with van der Waals surface area (Å²) in [4.78, 5) is 21.1. The first-order valence-corrected chi connectivity index (χ1v) is 11.3. The van der Waals surface area contributed by atoms with Crippen LogP contribution < -0.4 is 10.6 Å². The van der Waals surface area contributed by atoms with Crippen LogP contribution in [0, 0.1) is 0 Å². The minimum atomic E-state index is -1.28. The second-order valence-electron chi connectivity index (χ2n) is 9.53. The van der Waals surface area contributed by atoms with E-state index in [1.165, 1.54) is 12.8 Å². The number of ether oxygens (including phenoxy) is 1. The third kappa shape index (κ3) is 3.67. The van der Waals surface area contributed by atoms with Crippen LogP contribution >= 0.6 is 0 Å². The minimum absolute atomic E-state index is 0.184. The average molecular weight is 439 g/mol. The largest absolute Gasteiger partial charge is 0.443 e. The fourth-order valence-electron chi connectivity index (χ4n) is 4.41. The van der Waals surface area contributed by atoms with E-state index < -0.39 is 24.3 Å². The van der Waals surface area contributed by atoms with Gasteiger partial charge >= 0.3 is 6.09 Å². The van der Waals surface area contributed by atoms with Crippen LogP contribution in [0.4, 0.5) is 21.0 Å². The number of H-pyrrole nitrogens is 1. The summed E-state index contributed by atoms with van der Waals surface area (Å²) in [5, 5.41) is 13.3. The molecule has 0 radical (unpaired) electrons. The Morgan fingerprint density at radius 1 is 1.31 bits per heavy atom. The van der Waals surface area contributed by atoms with Gasteiger partial charge in [-0.25, -0.2) is 19.2 Å². The highest BCUT2D eigenvalue weighted by atomic mass is 19.1. The number of hydrogen-bond donors (Lipinski definition) is 3. The van der Waals surface area contributed by atoms with E-state index in [4.69, 9.17) is 4.74 Å². The van der Waals surface area contributed by atoms with E-state index in [2.05, 4.69) is 30.8 Å². The summed E-state index contributed by atoms with van der Waals surface area (Å²) in [7, 11) is 0. The highest BCUT2D eigenvalue weighted by Crippen LogP contribution is 2.40. The molecule has 3 heterocycles. The zero-order valence-corrected chi connectivity index (χ0v) is 17.8. The lowest BCUT2D eigenvalue weighted by atomic mass is 10.0. The maximum atomic E-state index is 15.1. The number of carbonyl (C=O) groups excluding carboxylic acids is 1. The molecular formula is C22H26FN7O2. The van der Waals surface area contributed by atoms with Gasteiger partial charge in [0.05, 0.1) is 5.69 Å². The molecule has 3 fully saturated rings. The first-order valence-electron chi connectivity index (χ1n) is 11.3. The summed E-state index contributed by atoms with van der Waals surface area (Å²) in [5.41, 5.74) is 2.41. The van der Waals surface area contributed by atoms with Crippen LogP contribution in [0.2, 0.25) is 0 Å². The lowest BCUT2D eigenvalue weighted by Crippen LogP contribution is -2.38. The van der Waals surface area contributed by atoms with Crippen LogP contribution in [-0.2, 0) is 4.74 Å². The van der Waals surface area contributed by atoms with E-state index in [9.17, 15) is 4.79 Å². The molecule has 0 bridgehead atoms. The van der Waals surface area contributed by atoms with Crippen LogP contribution in [0.3, 0.4) is 0 Å². The number of hydrogen-bond acceptors (Lipinski definition) is 6. The van der Waals surface area contributed by atoms with Crippen LogP contribution in [-0.4, -0.2) is 48.5 Å². The molecule has 0 spiro atoms. The van der Waals surface area contributed by atoms with Crippen LogP contribution in [0.5, 0.6) is 0 Å². The van der Waals surface area contributed by atoms with Gasteiger partial charge in [-0.3, -0.25) is 9.50 Å². The average Bonchev–Trinajstić information content (AvgIpc) is 3.59. The number of nitrogens with zero attached hydrogens (tertiary/aromatic N) is 4. The molecule has 3 atom stereocenters. The molecule has 0 saturated heterocycles. The SMILES string of the molecule is CC1(NC(=O)O[C@@H]2CC[C@H](c3cc(Nc4nccc5nc(C6CC6)cn45)n[nH]3)[C@H]2F)CC1. The number of nitrogens with one attached hydrogen (secondary N) is 3. The molecule has 9 nitrogen and oxygen atoms in total. The monoisotopic (exact) mass is 439 g/mol. The van der Waals surface area contributed by atoms with Gasteiger partial charge in [0.1, 0.15) is 17.9 Å². The van der Waals surface area contributed by atoms with Crippen LogP contribution in [0.1, 0.15) is 68.7 Å². The van der Waals surface area contributed by atoms with Crippen molar-refractivity contribution in [1.29, 1.82) is 0 Å². The molecule has 3 aliphatic rings. The van der Waals surface area contributed by atoms with Gasteiger partial charge in [0.15, 0.2) is 5.82 Å². The number of anilines is 2. The lowest BCUT2D eigenvalue weighted by molar-refractivity contribution is 0.0546. The Balaban J connectivity index is 1.13. The Labute approximate surface area is 184 Å². The number of alkyl carbamates (subject to hydrolysis) is 1. The Kier molecular flexibility index (Phi) is 4.38. The van der Waals surface area contributed by atoms with Gasteiger partial charge in [-0.15, -0.1) is 0 Å². The molecule has 32 heavy (non-hydrogen) atoms. The zero-order valence-electron chi connectivity index (χ0n) is 17.8. The van der Waals surface area contributed by atoms with E-state index in [1.54, 1.807) is 12.3 Å². The summed E-state index contributed by atoms with van der Waals surface area (Å²) in [6.45, 7) is 1.96. The summed E-state index contributed by atoms with van der Waals surface area (Å²) >= 11 is 0. The topological polar surface area (TPSA) is 109 Å². The second kappa shape index (κ2) is 7.18. The third-order valence-corrected chi connectivity index (χ3v) is 6.80. The highest BCUT2D eigenvalue weighted by Gasteiger charge is 2.43. The number of amides is 1. The molecule has 3 N–H and O–H groups in total. The predicted molar refractivity (Wildman–Crippen MR) is 115 cm³/mol. The number of alkyl halides is 1. The number of imidazole rings is 1. The van der Waals surface area contributed by atoms with E-state index in [1.807, 2.05) is 23.6 Å². The van der Waals surface area contributed by atoms with E-state index in [-0.39, 0.29) is 5.54 Å². The standard InChI is InChI=1S/C22H26FN7O2/c1-22(7-8-22)27-21(31)32-16-5-4-13(19(16)23)14-10-17(29-28-14)26-20-24-9-6-18-25-15(11-30(18)20)12-2-3-12/h6,9-13,16,19H,2-5,7-8H2,1H3,(H,27,31)(H2,24,26,28,29)/t13-,16-,19-/m1/s1. The Bertz CT molecular complexity index is 1170. The number of fused-ring (bicyclic) bond motifs is 1. The normalized spacial score (nSPS) is 26.2. The molecule has 10 heteroatoms. The van der Waals surface area contributed by atoms with Gasteiger partial charge in [-0.1, -0.05) is 0 Å². The van der Waals surface area contributed by atoms with Crippen molar-refractivity contribution in [2.45, 2.75) is 75.1 Å². The molecule has 3 saturated carbocycles. The van der Waals surface area contributed by atoms with Crippen molar-refractivity contribution < 1.29 is 13.9 Å². The number of halogens is 1. The smallest absolute Gasteiger partial charge is 0.407 e. The van der Waals surface area contributed by atoms with Crippen molar-refractivity contribution >= 4 is 23.5 Å². The van der Waals surface area contributed by atoms with Crippen molar-refractivity contribution in [3.05, 3.63) is 35.9 Å². The van der Waals surface area contributed by atoms with Crippen molar-refractivity contribution in [1.82, 2.24) is 29.9 Å². The van der Waals surface area contributed by atoms with Gasteiger partial charge in [-0.05, 0) is 51.5 Å². The fourth-order valence-corrected chi connectivity index (χ4v) is 4.41. The minimum Gasteiger partial charge on any atom is -0.443 e. The lowest BCUT2D eigenvalue weighted by Gasteiger charge is -2.19. The van der Waals surface area contributed by atoms with E-state index in [0.717, 1.165) is 24.2 Å². The molecule has 3 aromatic rings. The molecule has 3 aromatic heterocycles. The predicted octanol–water partition coefficient (Wildman–Crippen LogP) is 3.94. The molecule has 0 unspecified atom stereocenters. The van der Waals surface area contributed by atoms with Gasteiger partial charge in [0, 0.05) is 41.5 Å². The molecule has 0 aromatic carbocycles. The van der Waals surface area contributed by atoms with Crippen LogP contribution in [0.15, 0.2) is 24.5 Å². The first kappa shape index (κ1) is 19.5. The Morgan fingerprint density at radius 3 is 2.94 bits per heavy atom. The van der Waals surface area contributed by atoms with Crippen molar-refractivity contribution in [3.63, 3.8) is 0 Å². The fraction of sp³-hybridized carbons (Fsp3) is 0.545. The third-order valence-electron chi connectivity index (χ3n) is 6.80. The Hall–Kier alpha value is -3.17. The number of aromatic nitrogens is 5. The maximum Gasteiger partial charge on any atom is 0.407 e. The van der Waals surface area contributed by atoms with Gasteiger partial charge in [-0.2, -0.15) is 5.10 Å². The molecule has 168 valence electrons. The first-order chi connectivity index (χ1) is 15.5. The van der Waals surface area contributed by atoms with Gasteiger partial charge in [0.25, 0.3) is 0 Å². The van der Waals surface area contributed by atoms with Crippen molar-refractivity contribution in [2.75, 3.05) is 5.32 Å². The van der Waals surface area contributed by atoms with E-state index in [0.29, 0.717) is 36.2 Å². The highest BCUT2D eigenvalue weighted by molar-refractivity contribution is 5.69. The summed E-state index contributed by atoms with van der Waals surface area (Å²) in [6, 6.07) is 3.67. The molecular weight excluding hydrogens is 413 g/mol. The number of aromatic amines is 1. The van der Waals surface area contributed by atoms with E-state index >= 15 is 4.39 Å². The summed E-state index contributed by atoms with van der Waals surface area (Å²) in [6.07, 6.45) is 6.45. The second-order valence-corrected chi connectivity index (χ2v) is 9.53. The van der Waals surface area contributed by atoms with Gasteiger partial charge in [0.2, 0.25) is 5.95 Å². The zero-order chi connectivity index (χ0) is 21.9. The molecule has 1 amide bonds. The quantitative estimate of drug-likeness (QED) is 0.537. The molecule has 6 rings (SSSR count).